The molecule has 1 spiro atoms. The van der Waals surface area contributed by atoms with Crippen molar-refractivity contribution in [3.05, 3.63) is 38.9 Å². The maximum absolute atomic E-state index is 10.9. The molecule has 0 aromatic heterocycles. The lowest BCUT2D eigenvalue weighted by Crippen LogP contribution is -2.57. The molecule has 2 aliphatic rings. The zero-order chi connectivity index (χ0) is 15.0. The number of aliphatic hydroxyl groups excluding tert-OH is 1. The average molecular weight is 306 g/mol. The molecule has 2 heterocycles. The van der Waals surface area contributed by atoms with Gasteiger partial charge in [-0.3, -0.25) is 14.6 Å². The van der Waals surface area contributed by atoms with Crippen molar-refractivity contribution in [1.29, 1.82) is 0 Å². The van der Waals surface area contributed by atoms with Crippen molar-refractivity contribution < 1.29 is 10.0 Å². The predicted octanol–water partition coefficient (Wildman–Crippen LogP) is 2.70. The van der Waals surface area contributed by atoms with E-state index in [1.807, 2.05) is 12.1 Å². The average Bonchev–Trinajstić information content (AvgIpc) is 2.74. The van der Waals surface area contributed by atoms with Crippen LogP contribution in [0.1, 0.15) is 31.2 Å². The number of non-ortho nitro benzene ring substituents is 1. The molecule has 112 valence electrons. The predicted molar refractivity (Wildman–Crippen MR) is 84.4 cm³/mol. The van der Waals surface area contributed by atoms with Gasteiger partial charge in [-0.15, -0.1) is 0 Å². The summed E-state index contributed by atoms with van der Waals surface area (Å²) in [6.45, 7) is 1.07. The highest BCUT2D eigenvalue weighted by Crippen LogP contribution is 2.47. The van der Waals surface area contributed by atoms with E-state index in [0.717, 1.165) is 42.1 Å². The van der Waals surface area contributed by atoms with Gasteiger partial charge in [0, 0.05) is 43.2 Å². The molecule has 1 N–H and O–H groups in total. The van der Waals surface area contributed by atoms with Crippen molar-refractivity contribution >= 4 is 30.1 Å². The molecule has 6 heteroatoms. The molecule has 3 rings (SSSR count). The number of benzene rings is 1. The van der Waals surface area contributed by atoms with E-state index in [0.29, 0.717) is 10.9 Å². The first kappa shape index (κ1) is 14.4. The Labute approximate surface area is 129 Å². The van der Waals surface area contributed by atoms with E-state index < -0.39 is 0 Å². The summed E-state index contributed by atoms with van der Waals surface area (Å²) in [4.78, 5) is 10.6. The molecule has 2 unspecified atom stereocenters. The lowest BCUT2D eigenvalue weighted by Gasteiger charge is -2.49. The van der Waals surface area contributed by atoms with E-state index >= 15 is 0 Å². The number of nitro benzene ring substituents is 1. The summed E-state index contributed by atoms with van der Waals surface area (Å²) in [7, 11) is 0. The van der Waals surface area contributed by atoms with Crippen LogP contribution in [0.15, 0.2) is 23.2 Å². The van der Waals surface area contributed by atoms with E-state index in [1.54, 1.807) is 12.1 Å². The van der Waals surface area contributed by atoms with Gasteiger partial charge < -0.3 is 17.7 Å². The molecular weight excluding hydrogens is 288 g/mol. The van der Waals surface area contributed by atoms with E-state index in [4.69, 9.17) is 12.6 Å². The molecule has 1 fully saturated rings. The van der Waals surface area contributed by atoms with Gasteiger partial charge in [0.25, 0.3) is 5.69 Å². The lowest BCUT2D eigenvalue weighted by molar-refractivity contribution is -0.384. The molecule has 0 aliphatic carbocycles. The van der Waals surface area contributed by atoms with Gasteiger partial charge in [0.15, 0.2) is 0 Å². The number of piperidine rings is 1. The summed E-state index contributed by atoms with van der Waals surface area (Å²) in [5.74, 6) is 0. The van der Waals surface area contributed by atoms with Gasteiger partial charge in [0.05, 0.1) is 17.5 Å². The standard InChI is InChI=1S/C15H18N2O3S/c18-8-6-13-3-1-2-7-17(13)14-5-4-12(16(19)20)9-11(14)10-15(17)21/h4-5,9-10,13,18H,1-3,6-8H2. The molecule has 2 aliphatic heterocycles. The smallest absolute Gasteiger partial charge is 0.270 e. The van der Waals surface area contributed by atoms with Gasteiger partial charge in [0.1, 0.15) is 5.69 Å². The Morgan fingerprint density at radius 2 is 2.24 bits per heavy atom. The van der Waals surface area contributed by atoms with Crippen LogP contribution in [0.2, 0.25) is 0 Å². The van der Waals surface area contributed by atoms with Crippen molar-refractivity contribution in [2.45, 2.75) is 31.7 Å². The second-order valence-corrected chi connectivity index (χ2v) is 6.16. The number of rotatable bonds is 3. The molecular formula is C15H18N2O3S. The van der Waals surface area contributed by atoms with Crippen LogP contribution in [0.5, 0.6) is 0 Å². The van der Waals surface area contributed by atoms with E-state index in [9.17, 15) is 15.2 Å². The first-order chi connectivity index (χ1) is 10.1. The molecule has 1 saturated heterocycles. The Bertz CT molecular complexity index is 615. The monoisotopic (exact) mass is 306 g/mol. The second kappa shape index (κ2) is 5.36. The third-order valence-electron chi connectivity index (χ3n) is 4.71. The number of hydrogen-bond acceptors (Lipinski definition) is 4. The molecule has 0 bridgehead atoms. The third-order valence-corrected chi connectivity index (χ3v) is 5.15. The highest BCUT2D eigenvalue weighted by molar-refractivity contribution is 7.63. The van der Waals surface area contributed by atoms with Crippen molar-refractivity contribution in [1.82, 2.24) is 4.48 Å². The van der Waals surface area contributed by atoms with Crippen molar-refractivity contribution in [3.8, 4) is 0 Å². The minimum atomic E-state index is -0.374. The van der Waals surface area contributed by atoms with Crippen LogP contribution in [0.25, 0.3) is 6.08 Å². The summed E-state index contributed by atoms with van der Waals surface area (Å²) in [6.07, 6.45) is 5.88. The molecule has 0 saturated carbocycles. The zero-order valence-corrected chi connectivity index (χ0v) is 12.5. The lowest BCUT2D eigenvalue weighted by atomic mass is 9.95. The fourth-order valence-corrected chi connectivity index (χ4v) is 4.23. The summed E-state index contributed by atoms with van der Waals surface area (Å²) in [5.41, 5.74) is 2.02. The summed E-state index contributed by atoms with van der Waals surface area (Å²) in [5, 5.41) is 21.1. The van der Waals surface area contributed by atoms with Crippen LogP contribution in [-0.4, -0.2) is 29.2 Å². The van der Waals surface area contributed by atoms with Gasteiger partial charge >= 0.3 is 0 Å². The number of aliphatic hydroxyl groups is 1. The highest BCUT2D eigenvalue weighted by Gasteiger charge is 2.44. The fraction of sp³-hybridized carbons (Fsp3) is 0.467. The zero-order valence-electron chi connectivity index (χ0n) is 11.7. The maximum Gasteiger partial charge on any atom is 0.270 e. The molecule has 0 radical (unpaired) electrons. The van der Waals surface area contributed by atoms with Crippen LogP contribution in [0, 0.1) is 10.1 Å². The maximum atomic E-state index is 10.9. The van der Waals surface area contributed by atoms with Gasteiger partial charge in [-0.05, 0) is 23.9 Å². The Kier molecular flexibility index (Phi) is 3.69. The van der Waals surface area contributed by atoms with Crippen LogP contribution >= 0.6 is 0 Å². The van der Waals surface area contributed by atoms with Crippen LogP contribution in [-0.2, 0) is 12.6 Å². The number of quaternary nitrogens is 1. The number of nitro groups is 1. The Balaban J connectivity index is 2.09. The van der Waals surface area contributed by atoms with Crippen LogP contribution in [0.4, 0.5) is 11.4 Å². The third kappa shape index (κ3) is 2.14. The van der Waals surface area contributed by atoms with Gasteiger partial charge in [0.2, 0.25) is 0 Å². The van der Waals surface area contributed by atoms with Crippen LogP contribution < -0.4 is 4.48 Å². The van der Waals surface area contributed by atoms with E-state index in [-0.39, 0.29) is 23.3 Å². The quantitative estimate of drug-likeness (QED) is 0.404. The summed E-state index contributed by atoms with van der Waals surface area (Å²) >= 11 is 5.62. The number of fused-ring (bicyclic) bond motifs is 2. The summed E-state index contributed by atoms with van der Waals surface area (Å²) < 4.78 is 0.600. The van der Waals surface area contributed by atoms with Gasteiger partial charge in [-0.25, -0.2) is 0 Å². The molecule has 1 aromatic carbocycles. The van der Waals surface area contributed by atoms with Crippen molar-refractivity contribution in [2.75, 3.05) is 13.2 Å². The molecule has 1 aromatic rings. The van der Waals surface area contributed by atoms with E-state index in [1.165, 1.54) is 0 Å². The fourth-order valence-electron chi connectivity index (χ4n) is 3.77. The topological polar surface area (TPSA) is 63.4 Å². The molecule has 21 heavy (non-hydrogen) atoms. The van der Waals surface area contributed by atoms with Gasteiger partial charge in [-0.2, -0.15) is 0 Å². The first-order valence-corrected chi connectivity index (χ1v) is 7.67. The minimum absolute atomic E-state index is 0.101. The highest BCUT2D eigenvalue weighted by atomic mass is 32.1. The molecule has 0 amide bonds. The molecule has 2 atom stereocenters. The Morgan fingerprint density at radius 1 is 1.43 bits per heavy atom. The largest absolute Gasteiger partial charge is 0.721 e. The van der Waals surface area contributed by atoms with Crippen molar-refractivity contribution in [3.63, 3.8) is 0 Å². The minimum Gasteiger partial charge on any atom is -0.721 e. The van der Waals surface area contributed by atoms with Crippen molar-refractivity contribution in [2.24, 2.45) is 0 Å². The van der Waals surface area contributed by atoms with Crippen LogP contribution in [0.3, 0.4) is 0 Å². The SMILES string of the molecule is O=[N+]([O-])c1ccc2c(c1)C=C([S-])[N+]21CCCCC1CCO. The summed E-state index contributed by atoms with van der Waals surface area (Å²) in [6, 6.07) is 5.29. The van der Waals surface area contributed by atoms with Gasteiger partial charge in [-0.1, -0.05) is 0 Å². The first-order valence-electron chi connectivity index (χ1n) is 7.26. The Hall–Kier alpha value is -1.50. The Morgan fingerprint density at radius 3 is 2.95 bits per heavy atom. The number of hydrogen-bond donors (Lipinski definition) is 1. The normalized spacial score (nSPS) is 27.5. The number of nitrogens with zero attached hydrogens (tertiary/aromatic N) is 2. The van der Waals surface area contributed by atoms with E-state index in [2.05, 4.69) is 0 Å². The second-order valence-electron chi connectivity index (χ2n) is 5.74. The molecule has 5 nitrogen and oxygen atoms in total.